The van der Waals surface area contributed by atoms with Crippen LogP contribution in [0.3, 0.4) is 0 Å². The lowest BCUT2D eigenvalue weighted by Crippen LogP contribution is -2.22. The van der Waals surface area contributed by atoms with Crippen LogP contribution in [0.1, 0.15) is 0 Å². The van der Waals surface area contributed by atoms with Crippen molar-refractivity contribution in [3.8, 4) is 0 Å². The first-order chi connectivity index (χ1) is 7.83. The van der Waals surface area contributed by atoms with Gasteiger partial charge in [0.05, 0.1) is 12.9 Å². The third-order valence-corrected chi connectivity index (χ3v) is 2.25. The van der Waals surface area contributed by atoms with Gasteiger partial charge in [0.2, 0.25) is 0 Å². The fourth-order valence-corrected chi connectivity index (χ4v) is 1.47. The first-order valence-corrected chi connectivity index (χ1v) is 5.06. The van der Waals surface area contributed by atoms with E-state index in [0.717, 1.165) is 18.7 Å². The van der Waals surface area contributed by atoms with Crippen LogP contribution in [-0.4, -0.2) is 44.3 Å². The first-order valence-electron chi connectivity index (χ1n) is 5.06. The summed E-state index contributed by atoms with van der Waals surface area (Å²) in [6.45, 7) is 2.20. The number of nitrogen functional groups attached to an aromatic ring is 1. The van der Waals surface area contributed by atoms with Crippen molar-refractivity contribution in [3.05, 3.63) is 12.7 Å². The number of hydrogen-bond donors (Lipinski definition) is 3. The molecule has 0 aliphatic rings. The van der Waals surface area contributed by atoms with E-state index in [1.165, 1.54) is 6.33 Å². The minimum atomic E-state index is 0.139. The zero-order valence-electron chi connectivity index (χ0n) is 8.80. The third kappa shape index (κ3) is 2.10. The van der Waals surface area contributed by atoms with E-state index in [0.29, 0.717) is 17.9 Å². The van der Waals surface area contributed by atoms with E-state index in [1.807, 2.05) is 4.57 Å². The van der Waals surface area contributed by atoms with Crippen LogP contribution >= 0.6 is 0 Å². The van der Waals surface area contributed by atoms with Crippen molar-refractivity contribution in [1.82, 2.24) is 24.8 Å². The van der Waals surface area contributed by atoms with Gasteiger partial charge in [-0.1, -0.05) is 0 Å². The zero-order chi connectivity index (χ0) is 11.4. The fraction of sp³-hybridized carbons (Fsp3) is 0.444. The molecule has 0 saturated carbocycles. The Bertz CT molecular complexity index is 468. The monoisotopic (exact) mass is 222 g/mol. The standard InChI is InChI=1S/C9H14N6O/c10-8-7-9(13-5-12-8)15(6-14-7)3-1-11-2-4-16/h5-6,11,16H,1-4H2,(H2,10,12,13). The van der Waals surface area contributed by atoms with Crippen molar-refractivity contribution in [2.75, 3.05) is 25.4 Å². The maximum absolute atomic E-state index is 8.61. The van der Waals surface area contributed by atoms with Crippen LogP contribution in [0.2, 0.25) is 0 Å². The highest BCUT2D eigenvalue weighted by Gasteiger charge is 2.06. The predicted molar refractivity (Wildman–Crippen MR) is 59.7 cm³/mol. The number of hydrogen-bond acceptors (Lipinski definition) is 6. The Morgan fingerprint density at radius 2 is 2.19 bits per heavy atom. The summed E-state index contributed by atoms with van der Waals surface area (Å²) in [6.07, 6.45) is 3.12. The molecular weight excluding hydrogens is 208 g/mol. The lowest BCUT2D eigenvalue weighted by Gasteiger charge is -2.04. The summed E-state index contributed by atoms with van der Waals surface area (Å²) in [7, 11) is 0. The maximum Gasteiger partial charge on any atom is 0.165 e. The second kappa shape index (κ2) is 4.86. The Balaban J connectivity index is 2.10. The molecule has 2 aromatic heterocycles. The van der Waals surface area contributed by atoms with Crippen LogP contribution in [0.5, 0.6) is 0 Å². The summed E-state index contributed by atoms with van der Waals surface area (Å²) < 4.78 is 1.90. The van der Waals surface area contributed by atoms with E-state index in [9.17, 15) is 0 Å². The summed E-state index contributed by atoms with van der Waals surface area (Å²) in [6, 6.07) is 0. The van der Waals surface area contributed by atoms with E-state index in [2.05, 4.69) is 20.3 Å². The first kappa shape index (κ1) is 10.8. The van der Waals surface area contributed by atoms with E-state index >= 15 is 0 Å². The Kier molecular flexibility index (Phi) is 3.28. The summed E-state index contributed by atoms with van der Waals surface area (Å²) in [4.78, 5) is 12.2. The Hall–Kier alpha value is -1.73. The van der Waals surface area contributed by atoms with Crippen molar-refractivity contribution in [3.63, 3.8) is 0 Å². The molecule has 0 aliphatic carbocycles. The lowest BCUT2D eigenvalue weighted by molar-refractivity contribution is 0.291. The normalized spacial score (nSPS) is 11.1. The van der Waals surface area contributed by atoms with Crippen LogP contribution in [-0.2, 0) is 6.54 Å². The smallest absolute Gasteiger partial charge is 0.165 e. The van der Waals surface area contributed by atoms with E-state index in [4.69, 9.17) is 10.8 Å². The Morgan fingerprint density at radius 3 is 3.00 bits per heavy atom. The molecule has 0 unspecified atom stereocenters. The molecule has 0 radical (unpaired) electrons. The molecule has 0 amide bonds. The SMILES string of the molecule is Nc1ncnc2c1ncn2CCNCCO. The van der Waals surface area contributed by atoms with E-state index in [1.54, 1.807) is 6.33 Å². The van der Waals surface area contributed by atoms with Crippen LogP contribution in [0.15, 0.2) is 12.7 Å². The molecule has 16 heavy (non-hydrogen) atoms. The molecule has 0 saturated heterocycles. The Morgan fingerprint density at radius 1 is 1.31 bits per heavy atom. The van der Waals surface area contributed by atoms with E-state index < -0.39 is 0 Å². The number of aromatic nitrogens is 4. The van der Waals surface area contributed by atoms with Gasteiger partial charge >= 0.3 is 0 Å². The second-order valence-electron chi connectivity index (χ2n) is 3.34. The van der Waals surface area contributed by atoms with Crippen LogP contribution < -0.4 is 11.1 Å². The van der Waals surface area contributed by atoms with Gasteiger partial charge in [-0.15, -0.1) is 0 Å². The number of rotatable bonds is 5. The van der Waals surface area contributed by atoms with Gasteiger partial charge in [-0.3, -0.25) is 0 Å². The van der Waals surface area contributed by atoms with Crippen molar-refractivity contribution in [2.24, 2.45) is 0 Å². The molecule has 0 aliphatic heterocycles. The highest BCUT2D eigenvalue weighted by Crippen LogP contribution is 2.13. The number of imidazole rings is 1. The van der Waals surface area contributed by atoms with Crippen molar-refractivity contribution >= 4 is 17.0 Å². The molecular formula is C9H14N6O. The number of fused-ring (bicyclic) bond motifs is 1. The highest BCUT2D eigenvalue weighted by molar-refractivity contribution is 5.80. The largest absolute Gasteiger partial charge is 0.395 e. The lowest BCUT2D eigenvalue weighted by atomic mass is 10.5. The summed E-state index contributed by atoms with van der Waals surface area (Å²) in [5.41, 5.74) is 7.03. The summed E-state index contributed by atoms with van der Waals surface area (Å²) >= 11 is 0. The maximum atomic E-state index is 8.61. The molecule has 0 atom stereocenters. The zero-order valence-corrected chi connectivity index (χ0v) is 8.80. The third-order valence-electron chi connectivity index (χ3n) is 2.25. The van der Waals surface area contributed by atoms with Crippen LogP contribution in [0, 0.1) is 0 Å². The molecule has 0 bridgehead atoms. The number of nitrogens with zero attached hydrogens (tertiary/aromatic N) is 4. The molecule has 86 valence electrons. The predicted octanol–water partition coefficient (Wildman–Crippen LogP) is -1.01. The summed E-state index contributed by atoms with van der Waals surface area (Å²) in [5.74, 6) is 0.395. The van der Waals surface area contributed by atoms with Crippen LogP contribution in [0.4, 0.5) is 5.82 Å². The topological polar surface area (TPSA) is 102 Å². The van der Waals surface area contributed by atoms with Gasteiger partial charge in [0.25, 0.3) is 0 Å². The minimum Gasteiger partial charge on any atom is -0.395 e. The molecule has 7 nitrogen and oxygen atoms in total. The van der Waals surface area contributed by atoms with Gasteiger partial charge < -0.3 is 20.7 Å². The molecule has 2 heterocycles. The molecule has 0 fully saturated rings. The van der Waals surface area contributed by atoms with Gasteiger partial charge in [0.1, 0.15) is 11.8 Å². The van der Waals surface area contributed by atoms with Gasteiger partial charge in [0.15, 0.2) is 11.5 Å². The molecule has 0 aromatic carbocycles. The van der Waals surface area contributed by atoms with Crippen LogP contribution in [0.25, 0.3) is 11.2 Å². The minimum absolute atomic E-state index is 0.139. The van der Waals surface area contributed by atoms with Gasteiger partial charge in [-0.05, 0) is 0 Å². The second-order valence-corrected chi connectivity index (χ2v) is 3.34. The molecule has 2 aromatic rings. The average Bonchev–Trinajstić information content (AvgIpc) is 2.70. The molecule has 4 N–H and O–H groups in total. The van der Waals surface area contributed by atoms with E-state index in [-0.39, 0.29) is 6.61 Å². The quantitative estimate of drug-likeness (QED) is 0.560. The van der Waals surface area contributed by atoms with Gasteiger partial charge in [-0.25, -0.2) is 15.0 Å². The number of nitrogens with one attached hydrogen (secondary N) is 1. The Labute approximate surface area is 92.3 Å². The summed E-state index contributed by atoms with van der Waals surface area (Å²) in [5, 5.41) is 11.7. The number of nitrogens with two attached hydrogens (primary N) is 1. The van der Waals surface area contributed by atoms with Crippen molar-refractivity contribution in [2.45, 2.75) is 6.54 Å². The van der Waals surface area contributed by atoms with Gasteiger partial charge in [0, 0.05) is 19.6 Å². The number of anilines is 1. The van der Waals surface area contributed by atoms with Crippen molar-refractivity contribution < 1.29 is 5.11 Å². The molecule has 2 rings (SSSR count). The average molecular weight is 222 g/mol. The highest BCUT2D eigenvalue weighted by atomic mass is 16.3. The fourth-order valence-electron chi connectivity index (χ4n) is 1.47. The van der Waals surface area contributed by atoms with Gasteiger partial charge in [-0.2, -0.15) is 0 Å². The number of aliphatic hydroxyl groups excluding tert-OH is 1. The number of aliphatic hydroxyl groups is 1. The molecule has 0 spiro atoms. The van der Waals surface area contributed by atoms with Crippen molar-refractivity contribution in [1.29, 1.82) is 0 Å². The molecule has 7 heteroatoms.